The van der Waals surface area contributed by atoms with Crippen LogP contribution in [-0.4, -0.2) is 23.2 Å². The molecule has 8 heteroatoms. The molecule has 0 aliphatic carbocycles. The van der Waals surface area contributed by atoms with Gasteiger partial charge in [-0.15, -0.1) is 20.5 Å². The maximum absolute atomic E-state index is 5.78. The van der Waals surface area contributed by atoms with Crippen molar-refractivity contribution in [3.63, 3.8) is 0 Å². The van der Waals surface area contributed by atoms with Crippen LogP contribution in [0.5, 0.6) is 0 Å². The SMILES string of the molecule is NC12N=NC(=N1)CC1=NC2(N)N=N1. The van der Waals surface area contributed by atoms with Crippen LogP contribution < -0.4 is 11.5 Å². The summed E-state index contributed by atoms with van der Waals surface area (Å²) in [5.41, 5.74) is 11.6. The van der Waals surface area contributed by atoms with Crippen LogP contribution in [0.1, 0.15) is 6.42 Å². The largest absolute Gasteiger partial charge is 0.285 e. The fraction of sp³-hybridized carbons (Fsp3) is 0.600. The maximum atomic E-state index is 5.78. The Hall–Kier alpha value is -1.54. The topological polar surface area (TPSA) is 126 Å². The van der Waals surface area contributed by atoms with Gasteiger partial charge in [-0.1, -0.05) is 0 Å². The molecule has 0 radical (unpaired) electrons. The molecule has 8 nitrogen and oxygen atoms in total. The average molecular weight is 178 g/mol. The minimum absolute atomic E-state index is 0.394. The Kier molecular flexibility index (Phi) is 0.905. The van der Waals surface area contributed by atoms with E-state index in [2.05, 4.69) is 30.4 Å². The highest BCUT2D eigenvalue weighted by Gasteiger charge is 2.55. The van der Waals surface area contributed by atoms with Crippen LogP contribution in [0.3, 0.4) is 0 Å². The Morgan fingerprint density at radius 2 is 1.38 bits per heavy atom. The smallest absolute Gasteiger partial charge is 0.282 e. The molecule has 2 atom stereocenters. The summed E-state index contributed by atoms with van der Waals surface area (Å²) in [5.74, 6) is -1.78. The highest BCUT2D eigenvalue weighted by molar-refractivity contribution is 6.05. The number of amidine groups is 2. The molecule has 3 aliphatic heterocycles. The molecular weight excluding hydrogens is 172 g/mol. The number of hydrogen-bond donors (Lipinski definition) is 2. The molecule has 0 aromatic carbocycles. The molecule has 0 aromatic heterocycles. The summed E-state index contributed by atoms with van der Waals surface area (Å²) in [5, 5.41) is 15.1. The highest BCUT2D eigenvalue weighted by atomic mass is 15.5. The summed E-state index contributed by atoms with van der Waals surface area (Å²) in [6.07, 6.45) is 0.394. The molecular formula is C5H6N8. The summed E-state index contributed by atoms with van der Waals surface area (Å²) in [4.78, 5) is 8.08. The number of azo groups is 2. The summed E-state index contributed by atoms with van der Waals surface area (Å²) in [6.45, 7) is 0. The van der Waals surface area contributed by atoms with Gasteiger partial charge >= 0.3 is 0 Å². The minimum atomic E-state index is -1.40. The van der Waals surface area contributed by atoms with Crippen LogP contribution in [0.25, 0.3) is 0 Å². The summed E-state index contributed by atoms with van der Waals surface area (Å²) >= 11 is 0. The molecule has 0 fully saturated rings. The molecule has 3 aliphatic rings. The van der Waals surface area contributed by atoms with E-state index < -0.39 is 11.6 Å². The first-order valence-corrected chi connectivity index (χ1v) is 3.72. The van der Waals surface area contributed by atoms with Gasteiger partial charge in [0.05, 0.1) is 6.42 Å². The van der Waals surface area contributed by atoms with Crippen molar-refractivity contribution in [2.45, 2.75) is 18.0 Å². The molecule has 3 rings (SSSR count). The van der Waals surface area contributed by atoms with Crippen LogP contribution in [0.4, 0.5) is 0 Å². The molecule has 0 saturated heterocycles. The molecule has 4 bridgehead atoms. The van der Waals surface area contributed by atoms with Gasteiger partial charge in [0, 0.05) is 0 Å². The average Bonchev–Trinajstić information content (AvgIpc) is 2.57. The third-order valence-corrected chi connectivity index (χ3v) is 2.09. The van der Waals surface area contributed by atoms with E-state index in [0.29, 0.717) is 18.1 Å². The van der Waals surface area contributed by atoms with Crippen LogP contribution in [0.2, 0.25) is 0 Å². The Morgan fingerprint density at radius 1 is 0.923 bits per heavy atom. The quantitative estimate of drug-likeness (QED) is 0.510. The van der Waals surface area contributed by atoms with Gasteiger partial charge in [0.15, 0.2) is 11.7 Å². The number of nitrogens with two attached hydrogens (primary N) is 2. The first kappa shape index (κ1) is 6.92. The van der Waals surface area contributed by atoms with Crippen molar-refractivity contribution in [3.8, 4) is 0 Å². The molecule has 3 heterocycles. The Labute approximate surface area is 72.5 Å². The second kappa shape index (κ2) is 1.70. The van der Waals surface area contributed by atoms with Crippen LogP contribution in [0.15, 0.2) is 30.4 Å². The number of rotatable bonds is 0. The molecule has 0 spiro atoms. The van der Waals surface area contributed by atoms with Crippen LogP contribution >= 0.6 is 0 Å². The summed E-state index contributed by atoms with van der Waals surface area (Å²) < 4.78 is 0. The van der Waals surface area contributed by atoms with Crippen molar-refractivity contribution in [2.24, 2.45) is 41.9 Å². The maximum Gasteiger partial charge on any atom is 0.285 e. The first-order valence-electron chi connectivity index (χ1n) is 3.72. The standard InChI is InChI=1S/C5H6N8/c6-4-5(7)9-3(11-13-5)1-2(8-4)10-12-4/h1,6-7H2. The van der Waals surface area contributed by atoms with E-state index >= 15 is 0 Å². The van der Waals surface area contributed by atoms with E-state index in [1.165, 1.54) is 0 Å². The van der Waals surface area contributed by atoms with Crippen molar-refractivity contribution in [1.29, 1.82) is 0 Å². The monoisotopic (exact) mass is 178 g/mol. The predicted molar refractivity (Wildman–Crippen MR) is 43.0 cm³/mol. The van der Waals surface area contributed by atoms with Crippen molar-refractivity contribution < 1.29 is 0 Å². The van der Waals surface area contributed by atoms with Gasteiger partial charge in [0.1, 0.15) is 0 Å². The van der Waals surface area contributed by atoms with Crippen molar-refractivity contribution in [3.05, 3.63) is 0 Å². The number of aliphatic imine (C=N–C) groups is 2. The predicted octanol–water partition coefficient (Wildman–Crippen LogP) is -0.656. The zero-order valence-corrected chi connectivity index (χ0v) is 6.55. The Bertz CT molecular complexity index is 367. The van der Waals surface area contributed by atoms with Crippen LogP contribution in [0, 0.1) is 0 Å². The molecule has 66 valence electrons. The normalized spacial score (nSPS) is 44.8. The summed E-state index contributed by atoms with van der Waals surface area (Å²) in [6, 6.07) is 0. The minimum Gasteiger partial charge on any atom is -0.282 e. The van der Waals surface area contributed by atoms with Gasteiger partial charge < -0.3 is 0 Å². The second-order valence-corrected chi connectivity index (χ2v) is 3.09. The number of fused-ring (bicyclic) bond motifs is 3. The van der Waals surface area contributed by atoms with E-state index in [4.69, 9.17) is 11.5 Å². The van der Waals surface area contributed by atoms with Gasteiger partial charge in [-0.05, 0) is 0 Å². The second-order valence-electron chi connectivity index (χ2n) is 3.09. The van der Waals surface area contributed by atoms with E-state index in [0.717, 1.165) is 0 Å². The fourth-order valence-corrected chi connectivity index (χ4v) is 1.35. The van der Waals surface area contributed by atoms with E-state index in [1.54, 1.807) is 0 Å². The van der Waals surface area contributed by atoms with Gasteiger partial charge in [0.25, 0.3) is 11.6 Å². The first-order chi connectivity index (χ1) is 6.11. The van der Waals surface area contributed by atoms with Gasteiger partial charge in [0.2, 0.25) is 0 Å². The van der Waals surface area contributed by atoms with E-state index in [1.807, 2.05) is 0 Å². The Morgan fingerprint density at radius 3 is 1.85 bits per heavy atom. The molecule has 13 heavy (non-hydrogen) atoms. The van der Waals surface area contributed by atoms with Gasteiger partial charge in [-0.3, -0.25) is 11.5 Å². The van der Waals surface area contributed by atoms with Crippen molar-refractivity contribution in [1.82, 2.24) is 0 Å². The third kappa shape index (κ3) is 0.669. The van der Waals surface area contributed by atoms with Crippen molar-refractivity contribution in [2.75, 3.05) is 0 Å². The molecule has 0 amide bonds. The molecule has 0 saturated carbocycles. The zero-order valence-electron chi connectivity index (χ0n) is 6.55. The lowest BCUT2D eigenvalue weighted by atomic mass is 10.2. The van der Waals surface area contributed by atoms with Gasteiger partial charge in [-0.25, -0.2) is 9.98 Å². The fourth-order valence-electron chi connectivity index (χ4n) is 1.35. The number of nitrogens with zero attached hydrogens (tertiary/aromatic N) is 6. The van der Waals surface area contributed by atoms with E-state index in [9.17, 15) is 0 Å². The lowest BCUT2D eigenvalue weighted by molar-refractivity contribution is 0.254. The van der Waals surface area contributed by atoms with E-state index in [-0.39, 0.29) is 0 Å². The lowest BCUT2D eigenvalue weighted by Crippen LogP contribution is -2.60. The third-order valence-electron chi connectivity index (χ3n) is 2.09. The zero-order chi connectivity index (χ0) is 9.10. The number of hydrogen-bond acceptors (Lipinski definition) is 8. The van der Waals surface area contributed by atoms with Crippen LogP contribution in [-0.2, 0) is 0 Å². The molecule has 2 unspecified atom stereocenters. The molecule has 0 aromatic rings. The Balaban J connectivity index is 2.26. The lowest BCUT2D eigenvalue weighted by Gasteiger charge is -2.26. The van der Waals surface area contributed by atoms with Crippen molar-refractivity contribution >= 4 is 11.7 Å². The molecule has 4 N–H and O–H groups in total. The van der Waals surface area contributed by atoms with Gasteiger partial charge in [-0.2, -0.15) is 0 Å². The summed E-state index contributed by atoms with van der Waals surface area (Å²) in [7, 11) is 0. The highest BCUT2D eigenvalue weighted by Crippen LogP contribution is 2.35.